The van der Waals surface area contributed by atoms with Crippen LogP contribution in [0.25, 0.3) is 55.8 Å². The SMILES string of the molecule is C=Cc1cc2c3ccccc3n(-c3cc(-c4ccccc4)cc(-c4ccccc4)c3)c2cc1N(c1ccccc1)c1ccccc1C. The van der Waals surface area contributed by atoms with Crippen LogP contribution in [0.2, 0.25) is 0 Å². The second-order valence-corrected chi connectivity index (χ2v) is 11.9. The van der Waals surface area contributed by atoms with Crippen molar-refractivity contribution in [3.05, 3.63) is 188 Å². The zero-order valence-electron chi connectivity index (χ0n) is 26.3. The van der Waals surface area contributed by atoms with Gasteiger partial charge in [0.25, 0.3) is 0 Å². The maximum Gasteiger partial charge on any atom is 0.0562 e. The second-order valence-electron chi connectivity index (χ2n) is 11.9. The van der Waals surface area contributed by atoms with Gasteiger partial charge in [0.15, 0.2) is 0 Å². The van der Waals surface area contributed by atoms with Gasteiger partial charge >= 0.3 is 0 Å². The lowest BCUT2D eigenvalue weighted by Gasteiger charge is -2.29. The molecule has 0 saturated carbocycles. The molecule has 0 atom stereocenters. The Labute approximate surface area is 276 Å². The Morgan fingerprint density at radius 1 is 0.489 bits per heavy atom. The van der Waals surface area contributed by atoms with Crippen LogP contribution >= 0.6 is 0 Å². The van der Waals surface area contributed by atoms with Crippen LogP contribution in [0.15, 0.2) is 176 Å². The van der Waals surface area contributed by atoms with Crippen LogP contribution in [0.5, 0.6) is 0 Å². The highest BCUT2D eigenvalue weighted by Gasteiger charge is 2.21. The minimum Gasteiger partial charge on any atom is -0.310 e. The first-order valence-corrected chi connectivity index (χ1v) is 16.1. The summed E-state index contributed by atoms with van der Waals surface area (Å²) in [6, 6.07) is 60.9. The standard InChI is InChI=1S/C45H34N2/c1-3-33-30-41-40-24-14-16-26-43(40)47(39-28-36(34-18-7-4-8-19-34)27-37(29-39)35-20-9-5-10-21-35)45(41)31-44(33)46(38-22-11-6-12-23-38)42-25-15-13-17-32(42)2/h3-31H,1H2,2H3. The minimum atomic E-state index is 1.08. The summed E-state index contributed by atoms with van der Waals surface area (Å²) in [5.41, 5.74) is 13.8. The second kappa shape index (κ2) is 12.0. The zero-order valence-corrected chi connectivity index (χ0v) is 26.3. The summed E-state index contributed by atoms with van der Waals surface area (Å²) in [6.45, 7) is 6.47. The number of benzene rings is 7. The molecule has 0 bridgehead atoms. The molecule has 7 aromatic carbocycles. The highest BCUT2D eigenvalue weighted by atomic mass is 15.1. The number of aryl methyl sites for hydroxylation is 1. The van der Waals surface area contributed by atoms with E-state index in [0.717, 1.165) is 33.8 Å². The molecule has 8 aromatic rings. The summed E-state index contributed by atoms with van der Waals surface area (Å²) < 4.78 is 2.43. The van der Waals surface area contributed by atoms with Gasteiger partial charge in [-0.2, -0.15) is 0 Å². The topological polar surface area (TPSA) is 8.17 Å². The monoisotopic (exact) mass is 602 g/mol. The molecule has 47 heavy (non-hydrogen) atoms. The summed E-state index contributed by atoms with van der Waals surface area (Å²) >= 11 is 0. The van der Waals surface area contributed by atoms with E-state index in [2.05, 4.69) is 193 Å². The van der Waals surface area contributed by atoms with E-state index in [4.69, 9.17) is 0 Å². The van der Waals surface area contributed by atoms with Gasteiger partial charge in [0.2, 0.25) is 0 Å². The molecule has 0 aliphatic rings. The molecule has 0 spiro atoms. The Kier molecular flexibility index (Phi) is 7.24. The highest BCUT2D eigenvalue weighted by Crippen LogP contribution is 2.43. The molecule has 0 unspecified atom stereocenters. The van der Waals surface area contributed by atoms with Gasteiger partial charge < -0.3 is 9.47 Å². The summed E-state index contributed by atoms with van der Waals surface area (Å²) in [5.74, 6) is 0. The van der Waals surface area contributed by atoms with Crippen LogP contribution in [0.4, 0.5) is 17.1 Å². The first-order valence-electron chi connectivity index (χ1n) is 16.1. The van der Waals surface area contributed by atoms with E-state index in [0.29, 0.717) is 0 Å². The third-order valence-corrected chi connectivity index (χ3v) is 9.04. The molecular formula is C45H34N2. The number of hydrogen-bond acceptors (Lipinski definition) is 1. The molecule has 8 rings (SSSR count). The molecule has 1 heterocycles. The molecule has 0 aliphatic heterocycles. The van der Waals surface area contributed by atoms with Crippen LogP contribution < -0.4 is 4.90 Å². The first-order chi connectivity index (χ1) is 23.2. The van der Waals surface area contributed by atoms with Crippen molar-refractivity contribution in [3.8, 4) is 27.9 Å². The van der Waals surface area contributed by atoms with E-state index in [1.54, 1.807) is 0 Å². The number of aromatic nitrogens is 1. The predicted molar refractivity (Wildman–Crippen MR) is 201 cm³/mol. The molecular weight excluding hydrogens is 569 g/mol. The smallest absolute Gasteiger partial charge is 0.0562 e. The van der Waals surface area contributed by atoms with Crippen molar-refractivity contribution >= 4 is 44.9 Å². The van der Waals surface area contributed by atoms with Crippen LogP contribution in [-0.2, 0) is 0 Å². The largest absolute Gasteiger partial charge is 0.310 e. The van der Waals surface area contributed by atoms with E-state index < -0.39 is 0 Å². The number of fused-ring (bicyclic) bond motifs is 3. The fraction of sp³-hybridized carbons (Fsp3) is 0.0222. The van der Waals surface area contributed by atoms with E-state index in [1.807, 2.05) is 6.08 Å². The van der Waals surface area contributed by atoms with Crippen molar-refractivity contribution in [2.75, 3.05) is 4.90 Å². The molecule has 2 nitrogen and oxygen atoms in total. The predicted octanol–water partition coefficient (Wildman–Crippen LogP) is 12.5. The van der Waals surface area contributed by atoms with Crippen LogP contribution in [0, 0.1) is 6.92 Å². The lowest BCUT2D eigenvalue weighted by atomic mass is 9.98. The normalized spacial score (nSPS) is 11.2. The van der Waals surface area contributed by atoms with Crippen LogP contribution in [-0.4, -0.2) is 4.57 Å². The van der Waals surface area contributed by atoms with E-state index in [1.165, 1.54) is 44.1 Å². The molecule has 0 N–H and O–H groups in total. The molecule has 2 heteroatoms. The maximum atomic E-state index is 4.29. The molecule has 1 aromatic heterocycles. The summed E-state index contributed by atoms with van der Waals surface area (Å²) in [7, 11) is 0. The van der Waals surface area contributed by atoms with Gasteiger partial charge in [-0.1, -0.05) is 128 Å². The first kappa shape index (κ1) is 28.4. The van der Waals surface area contributed by atoms with Gasteiger partial charge in [0, 0.05) is 27.8 Å². The third kappa shape index (κ3) is 5.10. The van der Waals surface area contributed by atoms with Crippen molar-refractivity contribution in [1.29, 1.82) is 0 Å². The fourth-order valence-electron chi connectivity index (χ4n) is 6.79. The molecule has 0 amide bonds. The summed E-state index contributed by atoms with van der Waals surface area (Å²) in [5, 5.41) is 2.41. The minimum absolute atomic E-state index is 1.08. The average Bonchev–Trinajstić information content (AvgIpc) is 3.46. The molecule has 0 aliphatic carbocycles. The van der Waals surface area contributed by atoms with E-state index >= 15 is 0 Å². The Bertz CT molecular complexity index is 2310. The molecule has 0 radical (unpaired) electrons. The number of anilines is 3. The zero-order chi connectivity index (χ0) is 31.7. The lowest BCUT2D eigenvalue weighted by Crippen LogP contribution is -2.12. The van der Waals surface area contributed by atoms with Gasteiger partial charge in [-0.15, -0.1) is 0 Å². The number of rotatable bonds is 7. The quantitative estimate of drug-likeness (QED) is 0.176. The van der Waals surface area contributed by atoms with Crippen molar-refractivity contribution < 1.29 is 0 Å². The van der Waals surface area contributed by atoms with Gasteiger partial charge in [0.1, 0.15) is 0 Å². The van der Waals surface area contributed by atoms with Crippen LogP contribution in [0.1, 0.15) is 11.1 Å². The Morgan fingerprint density at radius 3 is 1.70 bits per heavy atom. The summed E-state index contributed by atoms with van der Waals surface area (Å²) in [4.78, 5) is 2.36. The van der Waals surface area contributed by atoms with Gasteiger partial charge in [-0.25, -0.2) is 0 Å². The Balaban J connectivity index is 1.46. The van der Waals surface area contributed by atoms with Crippen molar-refractivity contribution in [2.45, 2.75) is 6.92 Å². The molecule has 0 saturated heterocycles. The fourth-order valence-corrected chi connectivity index (χ4v) is 6.79. The average molecular weight is 603 g/mol. The lowest BCUT2D eigenvalue weighted by molar-refractivity contribution is 1.17. The van der Waals surface area contributed by atoms with Crippen molar-refractivity contribution in [3.63, 3.8) is 0 Å². The number of para-hydroxylation sites is 3. The number of hydrogen-bond donors (Lipinski definition) is 0. The Hall–Kier alpha value is -6.12. The summed E-state index contributed by atoms with van der Waals surface area (Å²) in [6.07, 6.45) is 1.98. The van der Waals surface area contributed by atoms with Gasteiger partial charge in [0.05, 0.1) is 16.7 Å². The van der Waals surface area contributed by atoms with Crippen molar-refractivity contribution in [2.24, 2.45) is 0 Å². The van der Waals surface area contributed by atoms with Gasteiger partial charge in [-0.3, -0.25) is 0 Å². The maximum absolute atomic E-state index is 4.29. The van der Waals surface area contributed by atoms with Crippen LogP contribution in [0.3, 0.4) is 0 Å². The highest BCUT2D eigenvalue weighted by molar-refractivity contribution is 6.11. The van der Waals surface area contributed by atoms with Gasteiger partial charge in [-0.05, 0) is 94.9 Å². The van der Waals surface area contributed by atoms with Crippen molar-refractivity contribution in [1.82, 2.24) is 4.57 Å². The third-order valence-electron chi connectivity index (χ3n) is 9.04. The molecule has 0 fully saturated rings. The number of nitrogens with zero attached hydrogens (tertiary/aromatic N) is 2. The molecule has 224 valence electrons. The Morgan fingerprint density at radius 2 is 1.06 bits per heavy atom. The van der Waals surface area contributed by atoms with E-state index in [-0.39, 0.29) is 0 Å². The van der Waals surface area contributed by atoms with E-state index in [9.17, 15) is 0 Å².